The van der Waals surface area contributed by atoms with Crippen molar-refractivity contribution in [3.8, 4) is 0 Å². The van der Waals surface area contributed by atoms with E-state index in [9.17, 15) is 28.0 Å². The maximum Gasteiger partial charge on any atom is 0.329 e. The molecule has 1 aromatic carbocycles. The van der Waals surface area contributed by atoms with Crippen LogP contribution in [0, 0.1) is 5.92 Å². The van der Waals surface area contributed by atoms with Crippen LogP contribution in [0.1, 0.15) is 111 Å². The molecule has 18 heteroatoms. The molecule has 4 aromatic heterocycles. The lowest BCUT2D eigenvalue weighted by Gasteiger charge is -2.31. The molecule has 16 nitrogen and oxygen atoms in total. The van der Waals surface area contributed by atoms with Crippen LogP contribution in [0.5, 0.6) is 0 Å². The molecule has 3 amide bonds. The SMILES string of the molecule is CN(CCCOCCCc1cccc2c1n(C)c(=O)n2C1CCC(=O)NC1=O)C[C@H]1CC[C@H](n2cc(NC(=O)c3cnn4ccc(N5CCCCC5)nc34)c(C(F)F)n2)CC1. The first-order valence-electron chi connectivity index (χ1n) is 21.6. The van der Waals surface area contributed by atoms with Gasteiger partial charge in [0.05, 0.1) is 29.0 Å². The van der Waals surface area contributed by atoms with Crippen LogP contribution in [-0.4, -0.2) is 103 Å². The number of imidazole rings is 1. The number of fused-ring (bicyclic) bond motifs is 2. The van der Waals surface area contributed by atoms with Gasteiger partial charge in [-0.3, -0.25) is 33.5 Å². The number of nitrogens with one attached hydrogen (secondary N) is 2. The maximum absolute atomic E-state index is 14.2. The van der Waals surface area contributed by atoms with E-state index in [1.165, 1.54) is 27.9 Å². The van der Waals surface area contributed by atoms with E-state index in [2.05, 4.69) is 37.7 Å². The highest BCUT2D eigenvalue weighted by Crippen LogP contribution is 2.35. The summed E-state index contributed by atoms with van der Waals surface area (Å²) in [5.74, 6) is -0.0651. The number of aromatic nitrogens is 7. The number of imide groups is 1. The van der Waals surface area contributed by atoms with Gasteiger partial charge in [-0.15, -0.1) is 0 Å². The normalized spacial score (nSPS) is 20.0. The summed E-state index contributed by atoms with van der Waals surface area (Å²) in [6, 6.07) is 6.87. The molecule has 61 heavy (non-hydrogen) atoms. The number of carbonyl (C=O) groups is 3. The molecule has 2 N–H and O–H groups in total. The molecule has 0 spiro atoms. The van der Waals surface area contributed by atoms with Crippen LogP contribution < -0.4 is 21.2 Å². The number of nitrogens with zero attached hydrogens (tertiary/aromatic N) is 9. The van der Waals surface area contributed by atoms with Gasteiger partial charge in [0.15, 0.2) is 11.3 Å². The van der Waals surface area contributed by atoms with E-state index in [0.717, 1.165) is 94.4 Å². The van der Waals surface area contributed by atoms with E-state index >= 15 is 0 Å². The van der Waals surface area contributed by atoms with Gasteiger partial charge in [0.2, 0.25) is 11.8 Å². The van der Waals surface area contributed by atoms with Gasteiger partial charge in [-0.05, 0) is 101 Å². The highest BCUT2D eigenvalue weighted by atomic mass is 19.3. The standard InChI is InChI=1S/C43H55F2N11O5/c1-51(19-8-24-61-23-7-10-29-9-6-11-33-38(29)52(2)43(60)56(33)34-16-17-36(57)49-42(34)59)26-28-12-14-30(15-13-28)55-27-32(37(50-55)39(44)45)47-41(58)31-25-46-54-22-18-35(48-40(31)54)53-20-4-3-5-21-53/h6,9,11,18,22,25,27-28,30,34,39H,3-5,7-8,10,12-17,19-21,23-24,26H2,1-2H3,(H,47,58)(H,49,57,59)/t28-,30-,34?. The highest BCUT2D eigenvalue weighted by Gasteiger charge is 2.32. The summed E-state index contributed by atoms with van der Waals surface area (Å²) in [5, 5.41) is 13.6. The third-order valence-electron chi connectivity index (χ3n) is 12.5. The summed E-state index contributed by atoms with van der Waals surface area (Å²) in [7, 11) is 3.83. The van der Waals surface area contributed by atoms with Crippen molar-refractivity contribution in [2.45, 2.75) is 95.6 Å². The highest BCUT2D eigenvalue weighted by molar-refractivity contribution is 6.08. The Hall–Kier alpha value is -5.49. The fourth-order valence-electron chi connectivity index (χ4n) is 9.34. The molecule has 1 atom stereocenters. The smallest absolute Gasteiger partial charge is 0.329 e. The molecule has 0 radical (unpaired) electrons. The van der Waals surface area contributed by atoms with Crippen molar-refractivity contribution in [3.05, 3.63) is 70.2 Å². The average molecular weight is 844 g/mol. The van der Waals surface area contributed by atoms with Gasteiger partial charge in [0, 0.05) is 65.3 Å². The molecule has 326 valence electrons. The van der Waals surface area contributed by atoms with Crippen molar-refractivity contribution in [1.29, 1.82) is 0 Å². The second kappa shape index (κ2) is 18.6. The van der Waals surface area contributed by atoms with Crippen LogP contribution in [0.2, 0.25) is 0 Å². The number of benzene rings is 1. The molecule has 3 fully saturated rings. The van der Waals surface area contributed by atoms with E-state index in [4.69, 9.17) is 9.72 Å². The zero-order valence-corrected chi connectivity index (χ0v) is 34.9. The number of hydrogen-bond donors (Lipinski definition) is 2. The first kappa shape index (κ1) is 42.2. The molecule has 2 aliphatic heterocycles. The molecule has 0 bridgehead atoms. The number of aryl methyl sites for hydroxylation is 2. The van der Waals surface area contributed by atoms with Crippen molar-refractivity contribution < 1.29 is 27.9 Å². The third kappa shape index (κ3) is 9.24. The number of hydrogen-bond acceptors (Lipinski definition) is 10. The van der Waals surface area contributed by atoms with Crippen molar-refractivity contribution >= 4 is 45.9 Å². The number of para-hydroxylation sites is 1. The van der Waals surface area contributed by atoms with E-state index in [0.29, 0.717) is 43.1 Å². The summed E-state index contributed by atoms with van der Waals surface area (Å²) in [6.45, 7) is 4.82. The number of halogens is 2. The second-order valence-corrected chi connectivity index (χ2v) is 16.8. The van der Waals surface area contributed by atoms with E-state index in [1.807, 2.05) is 24.3 Å². The zero-order valence-electron chi connectivity index (χ0n) is 34.9. The van der Waals surface area contributed by atoms with E-state index in [1.54, 1.807) is 22.5 Å². The number of rotatable bonds is 16. The second-order valence-electron chi connectivity index (χ2n) is 16.8. The molecule has 6 heterocycles. The van der Waals surface area contributed by atoms with Gasteiger partial charge in [-0.2, -0.15) is 10.2 Å². The van der Waals surface area contributed by atoms with E-state index < -0.39 is 30.0 Å². The van der Waals surface area contributed by atoms with Crippen LogP contribution >= 0.6 is 0 Å². The van der Waals surface area contributed by atoms with Crippen LogP contribution in [-0.2, 0) is 27.8 Å². The van der Waals surface area contributed by atoms with Crippen molar-refractivity contribution in [2.24, 2.45) is 13.0 Å². The van der Waals surface area contributed by atoms with Crippen LogP contribution in [0.15, 0.2) is 47.7 Å². The Kier molecular flexibility index (Phi) is 12.9. The molecule has 1 aliphatic carbocycles. The quantitative estimate of drug-likeness (QED) is 0.0966. The molecule has 1 unspecified atom stereocenters. The predicted octanol–water partition coefficient (Wildman–Crippen LogP) is 5.44. The van der Waals surface area contributed by atoms with Gasteiger partial charge in [0.25, 0.3) is 12.3 Å². The minimum atomic E-state index is -2.85. The zero-order chi connectivity index (χ0) is 42.6. The van der Waals surface area contributed by atoms with Crippen LogP contribution in [0.3, 0.4) is 0 Å². The molecule has 3 aliphatic rings. The average Bonchev–Trinajstić information content (AvgIpc) is 3.95. The van der Waals surface area contributed by atoms with Crippen molar-refractivity contribution in [3.63, 3.8) is 0 Å². The fraction of sp³-hybridized carbons (Fsp3) is 0.558. The summed E-state index contributed by atoms with van der Waals surface area (Å²) in [6.07, 6.45) is 11.6. The molecular formula is C43H55F2N11O5. The Morgan fingerprint density at radius 1 is 1.03 bits per heavy atom. The number of carbonyl (C=O) groups excluding carboxylic acids is 3. The Labute approximate surface area is 352 Å². The number of piperidine rings is 2. The minimum Gasteiger partial charge on any atom is -0.381 e. The Morgan fingerprint density at radius 3 is 2.59 bits per heavy atom. The van der Waals surface area contributed by atoms with Crippen molar-refractivity contribution in [1.82, 2.24) is 43.7 Å². The Morgan fingerprint density at radius 2 is 1.82 bits per heavy atom. The molecule has 8 rings (SSSR count). The number of amides is 3. The largest absolute Gasteiger partial charge is 0.381 e. The number of anilines is 2. The molecular weight excluding hydrogens is 789 g/mol. The minimum absolute atomic E-state index is 0.00153. The maximum atomic E-state index is 14.2. The summed E-state index contributed by atoms with van der Waals surface area (Å²) >= 11 is 0. The summed E-state index contributed by atoms with van der Waals surface area (Å²) in [4.78, 5) is 60.2. The lowest BCUT2D eigenvalue weighted by atomic mass is 9.86. The lowest BCUT2D eigenvalue weighted by Crippen LogP contribution is -2.44. The van der Waals surface area contributed by atoms with Gasteiger partial charge in [-0.1, -0.05) is 12.1 Å². The fourth-order valence-corrected chi connectivity index (χ4v) is 9.34. The van der Waals surface area contributed by atoms with Crippen LogP contribution in [0.4, 0.5) is 20.3 Å². The predicted molar refractivity (Wildman–Crippen MR) is 225 cm³/mol. The van der Waals surface area contributed by atoms with Crippen LogP contribution in [0.25, 0.3) is 16.7 Å². The monoisotopic (exact) mass is 843 g/mol. The van der Waals surface area contributed by atoms with Gasteiger partial charge in [-0.25, -0.2) is 23.1 Å². The van der Waals surface area contributed by atoms with Gasteiger partial charge >= 0.3 is 5.69 Å². The molecule has 5 aromatic rings. The summed E-state index contributed by atoms with van der Waals surface area (Å²) in [5.41, 5.74) is 2.37. The van der Waals surface area contributed by atoms with Crippen molar-refractivity contribution in [2.75, 3.05) is 56.7 Å². The lowest BCUT2D eigenvalue weighted by molar-refractivity contribution is -0.135. The topological polar surface area (TPSA) is 166 Å². The van der Waals surface area contributed by atoms with E-state index in [-0.39, 0.29) is 35.3 Å². The first-order valence-corrected chi connectivity index (χ1v) is 21.6. The number of ether oxygens (including phenoxy) is 1. The first-order chi connectivity index (χ1) is 29.5. The Balaban J connectivity index is 0.768. The summed E-state index contributed by atoms with van der Waals surface area (Å²) < 4.78 is 40.7. The van der Waals surface area contributed by atoms with Gasteiger partial charge < -0.3 is 19.9 Å². The van der Waals surface area contributed by atoms with Gasteiger partial charge in [0.1, 0.15) is 17.4 Å². The Bertz CT molecular complexity index is 2430. The third-order valence-corrected chi connectivity index (χ3v) is 12.5. The number of alkyl halides is 2. The molecule has 1 saturated carbocycles. The molecule has 2 saturated heterocycles.